The minimum Gasteiger partial charge on any atom is -0.336 e. The predicted molar refractivity (Wildman–Crippen MR) is 92.0 cm³/mol. The van der Waals surface area contributed by atoms with Crippen LogP contribution < -0.4 is 4.90 Å². The van der Waals surface area contributed by atoms with E-state index in [1.165, 1.54) is 5.56 Å². The highest BCUT2D eigenvalue weighted by Gasteiger charge is 2.57. The normalized spacial score (nSPS) is 18.4. The number of amides is 1. The van der Waals surface area contributed by atoms with Crippen LogP contribution in [0.3, 0.4) is 0 Å². The summed E-state index contributed by atoms with van der Waals surface area (Å²) in [4.78, 5) is 15.0. The molecule has 1 saturated heterocycles. The highest BCUT2D eigenvalue weighted by molar-refractivity contribution is 6.07. The standard InChI is InChI=1S/C20H21NO3/c1-14-8-9-15(2)18-17(14)20(23-12-13-24-20)19(22)21(18)11-10-16-6-4-3-5-7-16/h3-9H,10-13H2,1-2H3. The molecule has 0 aromatic heterocycles. The number of rotatable bonds is 3. The van der Waals surface area contributed by atoms with Crippen LogP contribution in [0.2, 0.25) is 0 Å². The number of fused-ring (bicyclic) bond motifs is 2. The molecule has 1 amide bonds. The Hall–Kier alpha value is -2.17. The van der Waals surface area contributed by atoms with E-state index in [0.717, 1.165) is 28.8 Å². The molecule has 1 spiro atoms. The highest BCUT2D eigenvalue weighted by atomic mass is 16.7. The molecule has 0 atom stereocenters. The van der Waals surface area contributed by atoms with Gasteiger partial charge in [-0.25, -0.2) is 0 Å². The average Bonchev–Trinajstić information content (AvgIpc) is 3.17. The monoisotopic (exact) mass is 323 g/mol. The van der Waals surface area contributed by atoms with E-state index in [-0.39, 0.29) is 5.91 Å². The Morgan fingerprint density at radius 2 is 1.67 bits per heavy atom. The van der Waals surface area contributed by atoms with Crippen LogP contribution in [0.1, 0.15) is 22.3 Å². The number of carbonyl (C=O) groups is 1. The minimum absolute atomic E-state index is 0.0941. The summed E-state index contributed by atoms with van der Waals surface area (Å²) in [7, 11) is 0. The Balaban J connectivity index is 1.74. The summed E-state index contributed by atoms with van der Waals surface area (Å²) in [5.41, 5.74) is 5.17. The number of benzene rings is 2. The molecule has 0 unspecified atom stereocenters. The van der Waals surface area contributed by atoms with Crippen molar-refractivity contribution in [3.05, 3.63) is 64.7 Å². The highest BCUT2D eigenvalue weighted by Crippen LogP contribution is 2.48. The number of hydrogen-bond acceptors (Lipinski definition) is 3. The van der Waals surface area contributed by atoms with Gasteiger partial charge in [-0.2, -0.15) is 0 Å². The largest absolute Gasteiger partial charge is 0.336 e. The van der Waals surface area contributed by atoms with Gasteiger partial charge in [0.1, 0.15) is 0 Å². The van der Waals surface area contributed by atoms with Gasteiger partial charge in [-0.1, -0.05) is 42.5 Å². The van der Waals surface area contributed by atoms with Crippen molar-refractivity contribution < 1.29 is 14.3 Å². The SMILES string of the molecule is Cc1ccc(C)c2c1N(CCc1ccccc1)C(=O)C21OCCO1. The van der Waals surface area contributed by atoms with Gasteiger partial charge in [0.2, 0.25) is 0 Å². The predicted octanol–water partition coefficient (Wildman–Crippen LogP) is 3.09. The van der Waals surface area contributed by atoms with Crippen LogP contribution in [-0.4, -0.2) is 25.7 Å². The Kier molecular flexibility index (Phi) is 3.66. The molecule has 2 aromatic carbocycles. The maximum atomic E-state index is 13.2. The Bertz CT molecular complexity index is 779. The summed E-state index contributed by atoms with van der Waals surface area (Å²) in [6, 6.07) is 14.3. The number of anilines is 1. The maximum absolute atomic E-state index is 13.2. The lowest BCUT2D eigenvalue weighted by Gasteiger charge is -2.22. The van der Waals surface area contributed by atoms with Crippen molar-refractivity contribution in [2.24, 2.45) is 0 Å². The lowest BCUT2D eigenvalue weighted by molar-refractivity contribution is -0.180. The molecule has 2 aliphatic rings. The molecular weight excluding hydrogens is 302 g/mol. The second kappa shape index (κ2) is 5.72. The van der Waals surface area contributed by atoms with Crippen molar-refractivity contribution in [1.82, 2.24) is 0 Å². The zero-order valence-corrected chi connectivity index (χ0v) is 14.0. The zero-order valence-electron chi connectivity index (χ0n) is 14.0. The van der Waals surface area contributed by atoms with Crippen LogP contribution in [0.25, 0.3) is 0 Å². The van der Waals surface area contributed by atoms with E-state index in [4.69, 9.17) is 9.47 Å². The first kappa shape index (κ1) is 15.4. The second-order valence-corrected chi connectivity index (χ2v) is 6.43. The van der Waals surface area contributed by atoms with E-state index < -0.39 is 5.79 Å². The van der Waals surface area contributed by atoms with Crippen molar-refractivity contribution in [1.29, 1.82) is 0 Å². The number of nitrogens with zero attached hydrogens (tertiary/aromatic N) is 1. The molecule has 2 aromatic rings. The fourth-order valence-corrected chi connectivity index (χ4v) is 3.72. The van der Waals surface area contributed by atoms with Gasteiger partial charge in [0.05, 0.1) is 18.9 Å². The summed E-state index contributed by atoms with van der Waals surface area (Å²) < 4.78 is 11.7. The molecule has 4 nitrogen and oxygen atoms in total. The van der Waals surface area contributed by atoms with E-state index in [1.54, 1.807) is 0 Å². The fourth-order valence-electron chi connectivity index (χ4n) is 3.72. The third kappa shape index (κ3) is 2.18. The molecular formula is C20H21NO3. The van der Waals surface area contributed by atoms with Crippen LogP contribution in [0, 0.1) is 13.8 Å². The molecule has 4 heteroatoms. The first-order valence-corrected chi connectivity index (χ1v) is 8.38. The molecule has 24 heavy (non-hydrogen) atoms. The van der Waals surface area contributed by atoms with Crippen molar-refractivity contribution >= 4 is 11.6 Å². The fraction of sp³-hybridized carbons (Fsp3) is 0.350. The summed E-state index contributed by atoms with van der Waals surface area (Å²) in [5, 5.41) is 0. The molecule has 0 saturated carbocycles. The topological polar surface area (TPSA) is 38.8 Å². The Morgan fingerprint density at radius 1 is 1.00 bits per heavy atom. The summed E-state index contributed by atoms with van der Waals surface area (Å²) >= 11 is 0. The van der Waals surface area contributed by atoms with Gasteiger partial charge in [0.15, 0.2) is 0 Å². The van der Waals surface area contributed by atoms with E-state index in [9.17, 15) is 4.79 Å². The van der Waals surface area contributed by atoms with Crippen LogP contribution in [0.15, 0.2) is 42.5 Å². The van der Waals surface area contributed by atoms with Gasteiger partial charge in [-0.3, -0.25) is 4.79 Å². The smallest absolute Gasteiger partial charge is 0.292 e. The summed E-state index contributed by atoms with van der Waals surface area (Å²) in [6.45, 7) is 5.57. The van der Waals surface area contributed by atoms with E-state index in [1.807, 2.05) is 43.0 Å². The first-order valence-electron chi connectivity index (χ1n) is 8.38. The Morgan fingerprint density at radius 3 is 2.38 bits per heavy atom. The number of aryl methyl sites for hydroxylation is 2. The van der Waals surface area contributed by atoms with Crippen LogP contribution in [0.5, 0.6) is 0 Å². The molecule has 0 radical (unpaired) electrons. The molecule has 2 heterocycles. The van der Waals surface area contributed by atoms with Gasteiger partial charge >= 0.3 is 0 Å². The molecule has 0 aliphatic carbocycles. The van der Waals surface area contributed by atoms with Gasteiger partial charge in [-0.15, -0.1) is 0 Å². The molecule has 0 bridgehead atoms. The molecule has 2 aliphatic heterocycles. The number of ether oxygens (including phenoxy) is 2. The molecule has 1 fully saturated rings. The lowest BCUT2D eigenvalue weighted by Crippen LogP contribution is -2.42. The van der Waals surface area contributed by atoms with Crippen molar-refractivity contribution in [2.45, 2.75) is 26.1 Å². The quantitative estimate of drug-likeness (QED) is 0.871. The lowest BCUT2D eigenvalue weighted by atomic mass is 9.98. The molecule has 0 N–H and O–H groups in total. The van der Waals surface area contributed by atoms with E-state index in [0.29, 0.717) is 19.8 Å². The van der Waals surface area contributed by atoms with E-state index >= 15 is 0 Å². The molecule has 124 valence electrons. The van der Waals surface area contributed by atoms with Crippen LogP contribution >= 0.6 is 0 Å². The van der Waals surface area contributed by atoms with Crippen molar-refractivity contribution in [3.8, 4) is 0 Å². The van der Waals surface area contributed by atoms with E-state index in [2.05, 4.69) is 18.2 Å². The molecule has 4 rings (SSSR count). The number of hydrogen-bond donors (Lipinski definition) is 0. The maximum Gasteiger partial charge on any atom is 0.292 e. The first-order chi connectivity index (χ1) is 11.6. The van der Waals surface area contributed by atoms with Crippen LogP contribution in [-0.2, 0) is 26.5 Å². The average molecular weight is 323 g/mol. The van der Waals surface area contributed by atoms with Crippen molar-refractivity contribution in [3.63, 3.8) is 0 Å². The van der Waals surface area contributed by atoms with Gasteiger partial charge in [0, 0.05) is 12.1 Å². The third-order valence-electron chi connectivity index (χ3n) is 4.87. The van der Waals surface area contributed by atoms with Crippen LogP contribution in [0.4, 0.5) is 5.69 Å². The van der Waals surface area contributed by atoms with Gasteiger partial charge in [-0.05, 0) is 37.0 Å². The second-order valence-electron chi connectivity index (χ2n) is 6.43. The van der Waals surface area contributed by atoms with Gasteiger partial charge < -0.3 is 14.4 Å². The Labute approximate surface area is 142 Å². The minimum atomic E-state index is -1.23. The third-order valence-corrected chi connectivity index (χ3v) is 4.87. The number of carbonyl (C=O) groups excluding carboxylic acids is 1. The summed E-state index contributed by atoms with van der Waals surface area (Å²) in [6.07, 6.45) is 0.801. The van der Waals surface area contributed by atoms with Gasteiger partial charge in [0.25, 0.3) is 11.7 Å². The zero-order chi connectivity index (χ0) is 16.7. The van der Waals surface area contributed by atoms with Crippen molar-refractivity contribution in [2.75, 3.05) is 24.7 Å². The summed E-state index contributed by atoms with van der Waals surface area (Å²) in [5.74, 6) is -1.33.